The first-order valence-electron chi connectivity index (χ1n) is 7.29. The van der Waals surface area contributed by atoms with Crippen LogP contribution in [-0.4, -0.2) is 12.5 Å². The monoisotopic (exact) mass is 318 g/mol. The Hall–Kier alpha value is -2.00. The molecule has 2 aromatic rings. The summed E-state index contributed by atoms with van der Waals surface area (Å²) in [5, 5.41) is 6.01. The molecular weight excluding hydrogens is 296 g/mol. The molecule has 0 radical (unpaired) electrons. The van der Waals surface area contributed by atoms with Gasteiger partial charge in [0.15, 0.2) is 0 Å². The van der Waals surface area contributed by atoms with Crippen molar-refractivity contribution in [3.05, 3.63) is 65.7 Å². The van der Waals surface area contributed by atoms with E-state index in [1.165, 1.54) is 5.56 Å². The topological polar surface area (TPSA) is 41.1 Å². The van der Waals surface area contributed by atoms with Crippen LogP contribution >= 0.6 is 12.4 Å². The van der Waals surface area contributed by atoms with Crippen LogP contribution in [0, 0.1) is 0 Å². The SMILES string of the molecule is CC(C)c1ccc(CNC(=O)CNc2ccccc2)cc1.Cl. The number of anilines is 1. The minimum absolute atomic E-state index is 0. The summed E-state index contributed by atoms with van der Waals surface area (Å²) in [5.41, 5.74) is 3.39. The van der Waals surface area contributed by atoms with Crippen LogP contribution in [0.25, 0.3) is 0 Å². The number of halogens is 1. The van der Waals surface area contributed by atoms with E-state index in [0.29, 0.717) is 12.5 Å². The second-order valence-corrected chi connectivity index (χ2v) is 5.39. The average molecular weight is 319 g/mol. The average Bonchev–Trinajstić information content (AvgIpc) is 2.52. The summed E-state index contributed by atoms with van der Waals surface area (Å²) in [6.07, 6.45) is 0. The minimum Gasteiger partial charge on any atom is -0.376 e. The number of nitrogens with one attached hydrogen (secondary N) is 2. The lowest BCUT2D eigenvalue weighted by molar-refractivity contribution is -0.119. The lowest BCUT2D eigenvalue weighted by atomic mass is 10.0. The van der Waals surface area contributed by atoms with Gasteiger partial charge < -0.3 is 10.6 Å². The van der Waals surface area contributed by atoms with Crippen LogP contribution in [0.4, 0.5) is 5.69 Å². The van der Waals surface area contributed by atoms with Gasteiger partial charge in [-0.25, -0.2) is 0 Å². The van der Waals surface area contributed by atoms with Crippen molar-refractivity contribution in [2.75, 3.05) is 11.9 Å². The van der Waals surface area contributed by atoms with E-state index in [0.717, 1.165) is 11.3 Å². The number of benzene rings is 2. The van der Waals surface area contributed by atoms with E-state index in [4.69, 9.17) is 0 Å². The summed E-state index contributed by atoms with van der Waals surface area (Å²) in [6.45, 7) is 5.19. The molecule has 22 heavy (non-hydrogen) atoms. The number of rotatable bonds is 6. The van der Waals surface area contributed by atoms with Crippen molar-refractivity contribution in [2.45, 2.75) is 26.3 Å². The number of hydrogen-bond acceptors (Lipinski definition) is 2. The standard InChI is InChI=1S/C18H22N2O.ClH/c1-14(2)16-10-8-15(9-11-16)12-20-18(21)13-19-17-6-4-3-5-7-17;/h3-11,14,19H,12-13H2,1-2H3,(H,20,21);1H. The molecule has 2 N–H and O–H groups in total. The van der Waals surface area contributed by atoms with Crippen molar-refractivity contribution >= 4 is 24.0 Å². The van der Waals surface area contributed by atoms with E-state index in [1.807, 2.05) is 30.3 Å². The number of para-hydroxylation sites is 1. The zero-order chi connectivity index (χ0) is 15.1. The normalized spacial score (nSPS) is 9.95. The molecule has 3 nitrogen and oxygen atoms in total. The Kier molecular flexibility index (Phi) is 7.47. The largest absolute Gasteiger partial charge is 0.376 e. The first-order valence-corrected chi connectivity index (χ1v) is 7.29. The first-order chi connectivity index (χ1) is 10.1. The fourth-order valence-corrected chi connectivity index (χ4v) is 2.02. The third-order valence-electron chi connectivity index (χ3n) is 3.36. The van der Waals surface area contributed by atoms with Crippen LogP contribution in [0.1, 0.15) is 30.9 Å². The van der Waals surface area contributed by atoms with Gasteiger partial charge in [0.05, 0.1) is 6.54 Å². The van der Waals surface area contributed by atoms with Gasteiger partial charge in [-0.2, -0.15) is 0 Å². The Labute approximate surface area is 138 Å². The number of carbonyl (C=O) groups excluding carboxylic acids is 1. The van der Waals surface area contributed by atoms with Crippen molar-refractivity contribution in [1.29, 1.82) is 0 Å². The van der Waals surface area contributed by atoms with Crippen LogP contribution in [0.2, 0.25) is 0 Å². The summed E-state index contributed by atoms with van der Waals surface area (Å²) in [5.74, 6) is 0.524. The van der Waals surface area contributed by atoms with Crippen LogP contribution in [0.3, 0.4) is 0 Å². The van der Waals surface area contributed by atoms with Crippen molar-refractivity contribution in [1.82, 2.24) is 5.32 Å². The molecule has 0 fully saturated rings. The first kappa shape index (κ1) is 18.1. The highest BCUT2D eigenvalue weighted by Gasteiger charge is 2.02. The highest BCUT2D eigenvalue weighted by molar-refractivity contribution is 5.85. The third-order valence-corrected chi connectivity index (χ3v) is 3.36. The predicted octanol–water partition coefficient (Wildman–Crippen LogP) is 3.96. The molecule has 0 aliphatic heterocycles. The molecule has 0 spiro atoms. The van der Waals surface area contributed by atoms with Gasteiger partial charge in [0.1, 0.15) is 0 Å². The molecule has 0 aliphatic rings. The summed E-state index contributed by atoms with van der Waals surface area (Å²) in [6, 6.07) is 18.1. The lowest BCUT2D eigenvalue weighted by Gasteiger charge is -2.09. The van der Waals surface area contributed by atoms with Crippen LogP contribution in [0.15, 0.2) is 54.6 Å². The molecule has 0 saturated carbocycles. The van der Waals surface area contributed by atoms with Gasteiger partial charge in [-0.05, 0) is 29.2 Å². The van der Waals surface area contributed by atoms with Crippen molar-refractivity contribution in [3.8, 4) is 0 Å². The van der Waals surface area contributed by atoms with Gasteiger partial charge in [-0.15, -0.1) is 12.4 Å². The van der Waals surface area contributed by atoms with E-state index >= 15 is 0 Å². The van der Waals surface area contributed by atoms with Crippen molar-refractivity contribution in [2.24, 2.45) is 0 Å². The van der Waals surface area contributed by atoms with Gasteiger partial charge in [-0.3, -0.25) is 4.79 Å². The van der Waals surface area contributed by atoms with Gasteiger partial charge >= 0.3 is 0 Å². The second-order valence-electron chi connectivity index (χ2n) is 5.39. The van der Waals surface area contributed by atoms with Crippen LogP contribution in [0.5, 0.6) is 0 Å². The molecule has 0 heterocycles. The summed E-state index contributed by atoms with van der Waals surface area (Å²) < 4.78 is 0. The minimum atomic E-state index is -0.00760. The Morgan fingerprint density at radius 1 is 1.00 bits per heavy atom. The van der Waals surface area contributed by atoms with E-state index < -0.39 is 0 Å². The molecule has 0 aliphatic carbocycles. The highest BCUT2D eigenvalue weighted by Crippen LogP contribution is 2.14. The third kappa shape index (κ3) is 5.78. The number of hydrogen-bond donors (Lipinski definition) is 2. The van der Waals surface area contributed by atoms with Gasteiger partial charge in [0.2, 0.25) is 5.91 Å². The van der Waals surface area contributed by atoms with Crippen LogP contribution in [-0.2, 0) is 11.3 Å². The quantitative estimate of drug-likeness (QED) is 0.846. The molecule has 0 saturated heterocycles. The molecule has 2 aromatic carbocycles. The summed E-state index contributed by atoms with van der Waals surface area (Å²) in [4.78, 5) is 11.8. The zero-order valence-electron chi connectivity index (χ0n) is 13.0. The maximum atomic E-state index is 11.8. The van der Waals surface area contributed by atoms with Gasteiger partial charge in [0.25, 0.3) is 0 Å². The predicted molar refractivity (Wildman–Crippen MR) is 94.6 cm³/mol. The van der Waals surface area contributed by atoms with Crippen molar-refractivity contribution in [3.63, 3.8) is 0 Å². The number of carbonyl (C=O) groups is 1. The van der Waals surface area contributed by atoms with Crippen LogP contribution < -0.4 is 10.6 Å². The molecule has 4 heteroatoms. The molecule has 0 unspecified atom stereocenters. The zero-order valence-corrected chi connectivity index (χ0v) is 13.8. The van der Waals surface area contributed by atoms with Gasteiger partial charge in [-0.1, -0.05) is 56.3 Å². The fraction of sp³-hybridized carbons (Fsp3) is 0.278. The molecule has 0 atom stereocenters. The Balaban J connectivity index is 0.00000242. The van der Waals surface area contributed by atoms with E-state index in [9.17, 15) is 4.79 Å². The summed E-state index contributed by atoms with van der Waals surface area (Å²) >= 11 is 0. The molecule has 0 bridgehead atoms. The molecule has 0 aromatic heterocycles. The smallest absolute Gasteiger partial charge is 0.239 e. The summed E-state index contributed by atoms with van der Waals surface area (Å²) in [7, 11) is 0. The maximum absolute atomic E-state index is 11.8. The van der Waals surface area contributed by atoms with E-state index in [-0.39, 0.29) is 24.9 Å². The second kappa shape index (κ2) is 9.11. The molecule has 1 amide bonds. The van der Waals surface area contributed by atoms with E-state index in [1.54, 1.807) is 0 Å². The molecule has 118 valence electrons. The highest BCUT2D eigenvalue weighted by atomic mass is 35.5. The fourth-order valence-electron chi connectivity index (χ4n) is 2.02. The molecular formula is C18H23ClN2O. The number of amides is 1. The van der Waals surface area contributed by atoms with Crippen molar-refractivity contribution < 1.29 is 4.79 Å². The lowest BCUT2D eigenvalue weighted by Crippen LogP contribution is -2.29. The van der Waals surface area contributed by atoms with E-state index in [2.05, 4.69) is 48.7 Å². The Bertz CT molecular complexity index is 567. The molecule has 2 rings (SSSR count). The van der Waals surface area contributed by atoms with Gasteiger partial charge in [0, 0.05) is 12.2 Å². The maximum Gasteiger partial charge on any atom is 0.239 e. The Morgan fingerprint density at radius 3 is 2.23 bits per heavy atom. The Morgan fingerprint density at radius 2 is 1.64 bits per heavy atom.